The van der Waals surface area contributed by atoms with Gasteiger partial charge in [0.05, 0.1) is 18.3 Å². The van der Waals surface area contributed by atoms with Gasteiger partial charge >= 0.3 is 0 Å². The zero-order valence-electron chi connectivity index (χ0n) is 7.49. The molecular formula is C9H17NO2. The third-order valence-electron chi connectivity index (χ3n) is 3.22. The van der Waals surface area contributed by atoms with Crippen LogP contribution in [-0.2, 0) is 4.74 Å². The minimum atomic E-state index is -0.606. The molecule has 0 aromatic heterocycles. The smallest absolute Gasteiger partial charge is 0.0905 e. The second-order valence-electron chi connectivity index (χ2n) is 4.39. The van der Waals surface area contributed by atoms with E-state index in [9.17, 15) is 5.11 Å². The number of ether oxygens (including phenoxy) is 1. The van der Waals surface area contributed by atoms with E-state index in [0.29, 0.717) is 12.5 Å². The number of fused-ring (bicyclic) bond motifs is 1. The maximum atomic E-state index is 9.91. The van der Waals surface area contributed by atoms with Crippen LogP contribution in [0, 0.1) is 5.92 Å². The number of rotatable bonds is 0. The molecule has 1 heterocycles. The van der Waals surface area contributed by atoms with Crippen LogP contribution < -0.4 is 5.73 Å². The molecule has 1 saturated carbocycles. The van der Waals surface area contributed by atoms with Crippen LogP contribution >= 0.6 is 0 Å². The van der Waals surface area contributed by atoms with Crippen molar-refractivity contribution in [2.75, 3.05) is 6.61 Å². The second-order valence-corrected chi connectivity index (χ2v) is 4.39. The molecule has 1 saturated heterocycles. The fraction of sp³-hybridized carbons (Fsp3) is 1.00. The fourth-order valence-corrected chi connectivity index (χ4v) is 2.44. The first-order valence-electron chi connectivity index (χ1n) is 4.69. The van der Waals surface area contributed by atoms with Gasteiger partial charge in [0.15, 0.2) is 0 Å². The van der Waals surface area contributed by atoms with Crippen molar-refractivity contribution in [1.82, 2.24) is 0 Å². The quantitative estimate of drug-likeness (QED) is 0.550. The van der Waals surface area contributed by atoms with Gasteiger partial charge in [0, 0.05) is 12.0 Å². The topological polar surface area (TPSA) is 55.5 Å². The highest BCUT2D eigenvalue weighted by Crippen LogP contribution is 2.39. The Morgan fingerprint density at radius 2 is 2.25 bits per heavy atom. The van der Waals surface area contributed by atoms with Crippen LogP contribution in [0.15, 0.2) is 0 Å². The fourth-order valence-electron chi connectivity index (χ4n) is 2.44. The third kappa shape index (κ3) is 1.26. The molecule has 0 radical (unpaired) electrons. The molecule has 2 fully saturated rings. The van der Waals surface area contributed by atoms with Gasteiger partial charge in [0.1, 0.15) is 0 Å². The summed E-state index contributed by atoms with van der Waals surface area (Å²) in [4.78, 5) is 0. The average Bonchev–Trinajstić information content (AvgIpc) is 2.27. The van der Waals surface area contributed by atoms with Crippen molar-refractivity contribution in [3.8, 4) is 0 Å². The zero-order valence-corrected chi connectivity index (χ0v) is 7.49. The Balaban J connectivity index is 2.08. The lowest BCUT2D eigenvalue weighted by Crippen LogP contribution is -2.42. The van der Waals surface area contributed by atoms with E-state index in [2.05, 4.69) is 0 Å². The Labute approximate surface area is 72.9 Å². The Morgan fingerprint density at radius 3 is 3.00 bits per heavy atom. The lowest BCUT2D eigenvalue weighted by Gasteiger charge is -2.33. The monoisotopic (exact) mass is 171 g/mol. The maximum Gasteiger partial charge on any atom is 0.0905 e. The number of nitrogens with two attached hydrogens (primary N) is 1. The van der Waals surface area contributed by atoms with E-state index in [1.54, 1.807) is 0 Å². The van der Waals surface area contributed by atoms with Crippen molar-refractivity contribution in [3.63, 3.8) is 0 Å². The first-order chi connectivity index (χ1) is 5.59. The van der Waals surface area contributed by atoms with Crippen molar-refractivity contribution in [2.24, 2.45) is 11.7 Å². The predicted molar refractivity (Wildman–Crippen MR) is 45.7 cm³/mol. The second kappa shape index (κ2) is 2.69. The van der Waals surface area contributed by atoms with E-state index in [-0.39, 0.29) is 12.1 Å². The molecule has 1 aliphatic carbocycles. The van der Waals surface area contributed by atoms with Crippen molar-refractivity contribution >= 4 is 0 Å². The standard InChI is InChI=1S/C9H17NO2/c1-9(11)5-12-8-4-6(10)2-3-7(8)9/h6-8,11H,2-5,10H2,1H3/t6-,7+,8+,9+/m1/s1. The van der Waals surface area contributed by atoms with Crippen molar-refractivity contribution in [3.05, 3.63) is 0 Å². The van der Waals surface area contributed by atoms with E-state index in [4.69, 9.17) is 10.5 Å². The molecular weight excluding hydrogens is 154 g/mol. The molecule has 0 spiro atoms. The van der Waals surface area contributed by atoms with Gasteiger partial charge in [-0.15, -0.1) is 0 Å². The molecule has 0 amide bonds. The van der Waals surface area contributed by atoms with Crippen LogP contribution in [0.2, 0.25) is 0 Å². The summed E-state index contributed by atoms with van der Waals surface area (Å²) in [5, 5.41) is 9.91. The Kier molecular flexibility index (Phi) is 1.90. The van der Waals surface area contributed by atoms with Crippen LogP contribution in [0.3, 0.4) is 0 Å². The molecule has 4 atom stereocenters. The Hall–Kier alpha value is -0.120. The first kappa shape index (κ1) is 8.48. The summed E-state index contributed by atoms with van der Waals surface area (Å²) in [6, 6.07) is 0.278. The SMILES string of the molecule is C[C@]1(O)CO[C@H]2C[C@H](N)CC[C@@H]21. The minimum absolute atomic E-state index is 0.212. The minimum Gasteiger partial charge on any atom is -0.387 e. The molecule has 70 valence electrons. The first-order valence-corrected chi connectivity index (χ1v) is 4.69. The van der Waals surface area contributed by atoms with Gasteiger partial charge in [-0.05, 0) is 26.2 Å². The molecule has 0 aromatic carbocycles. The van der Waals surface area contributed by atoms with E-state index in [1.165, 1.54) is 0 Å². The van der Waals surface area contributed by atoms with Gasteiger partial charge in [0.2, 0.25) is 0 Å². The average molecular weight is 171 g/mol. The summed E-state index contributed by atoms with van der Waals surface area (Å²) in [6.07, 6.45) is 3.17. The van der Waals surface area contributed by atoms with E-state index >= 15 is 0 Å². The highest BCUT2D eigenvalue weighted by Gasteiger charge is 2.47. The molecule has 3 N–H and O–H groups in total. The third-order valence-corrected chi connectivity index (χ3v) is 3.22. The van der Waals surface area contributed by atoms with Crippen molar-refractivity contribution in [1.29, 1.82) is 0 Å². The summed E-state index contributed by atoms with van der Waals surface area (Å²) in [6.45, 7) is 2.35. The highest BCUT2D eigenvalue weighted by molar-refractivity contribution is 4.97. The van der Waals surface area contributed by atoms with Crippen molar-refractivity contribution in [2.45, 2.75) is 43.9 Å². The summed E-state index contributed by atoms with van der Waals surface area (Å²) in [5.41, 5.74) is 5.21. The predicted octanol–water partition coefficient (Wildman–Crippen LogP) is 0.264. The van der Waals surface area contributed by atoms with E-state index in [1.807, 2.05) is 6.92 Å². The molecule has 0 unspecified atom stereocenters. The van der Waals surface area contributed by atoms with E-state index < -0.39 is 5.60 Å². The molecule has 0 bridgehead atoms. The Bertz CT molecular complexity index is 181. The van der Waals surface area contributed by atoms with Gasteiger partial charge in [0.25, 0.3) is 0 Å². The molecule has 2 rings (SSSR count). The van der Waals surface area contributed by atoms with Gasteiger partial charge in [-0.3, -0.25) is 0 Å². The Morgan fingerprint density at radius 1 is 1.50 bits per heavy atom. The van der Waals surface area contributed by atoms with Crippen molar-refractivity contribution < 1.29 is 9.84 Å². The van der Waals surface area contributed by atoms with Crippen LogP contribution in [-0.4, -0.2) is 29.5 Å². The molecule has 3 heteroatoms. The molecule has 1 aliphatic heterocycles. The number of hydrogen-bond acceptors (Lipinski definition) is 3. The summed E-state index contributed by atoms with van der Waals surface area (Å²) in [7, 11) is 0. The molecule has 3 nitrogen and oxygen atoms in total. The maximum absolute atomic E-state index is 9.91. The van der Waals surface area contributed by atoms with Gasteiger partial charge in [-0.2, -0.15) is 0 Å². The molecule has 0 aromatic rings. The van der Waals surface area contributed by atoms with E-state index in [0.717, 1.165) is 19.3 Å². The number of hydrogen-bond donors (Lipinski definition) is 2. The zero-order chi connectivity index (χ0) is 8.77. The molecule has 2 aliphatic rings. The van der Waals surface area contributed by atoms with Crippen LogP contribution in [0.5, 0.6) is 0 Å². The summed E-state index contributed by atoms with van der Waals surface area (Å²) >= 11 is 0. The van der Waals surface area contributed by atoms with Crippen LogP contribution in [0.4, 0.5) is 0 Å². The van der Waals surface area contributed by atoms with Gasteiger partial charge in [-0.1, -0.05) is 0 Å². The molecule has 12 heavy (non-hydrogen) atoms. The number of aliphatic hydroxyl groups is 1. The lowest BCUT2D eigenvalue weighted by atomic mass is 9.77. The van der Waals surface area contributed by atoms with Crippen LogP contribution in [0.1, 0.15) is 26.2 Å². The van der Waals surface area contributed by atoms with Gasteiger partial charge < -0.3 is 15.6 Å². The van der Waals surface area contributed by atoms with Gasteiger partial charge in [-0.25, -0.2) is 0 Å². The highest BCUT2D eigenvalue weighted by atomic mass is 16.5. The summed E-state index contributed by atoms with van der Waals surface area (Å²) in [5.74, 6) is 0.317. The summed E-state index contributed by atoms with van der Waals surface area (Å²) < 4.78 is 5.51. The van der Waals surface area contributed by atoms with Crippen LogP contribution in [0.25, 0.3) is 0 Å². The largest absolute Gasteiger partial charge is 0.387 e. The lowest BCUT2D eigenvalue weighted by molar-refractivity contribution is 0.0146. The normalized spacial score (nSPS) is 53.8.